The fourth-order valence-electron chi connectivity index (χ4n) is 12.0. The van der Waals surface area contributed by atoms with Gasteiger partial charge in [-0.05, 0) is 97.2 Å². The number of carbonyl (C=O) groups excluding carboxylic acids is 1. The van der Waals surface area contributed by atoms with Crippen molar-refractivity contribution in [3.63, 3.8) is 0 Å². The predicted molar refractivity (Wildman–Crippen MR) is 192 cm³/mol. The minimum Gasteiger partial charge on any atom is -0.394 e. The summed E-state index contributed by atoms with van der Waals surface area (Å²) in [6.45, 7) is 11.8. The Balaban J connectivity index is 1.08. The molecule has 22 atom stereocenters. The van der Waals surface area contributed by atoms with Crippen LogP contribution in [-0.2, 0) is 23.7 Å². The molecule has 0 aromatic carbocycles. The summed E-state index contributed by atoms with van der Waals surface area (Å²) in [6, 6.07) is 0. The Bertz CT molecular complexity index is 1280. The van der Waals surface area contributed by atoms with Crippen LogP contribution in [0.5, 0.6) is 0 Å². The van der Waals surface area contributed by atoms with E-state index >= 15 is 0 Å². The van der Waals surface area contributed by atoms with E-state index in [1.54, 1.807) is 0 Å². The maximum atomic E-state index is 14.2. The van der Waals surface area contributed by atoms with Gasteiger partial charge in [0.25, 0.3) is 0 Å². The average molecular weight is 773 g/mol. The highest BCUT2D eigenvalue weighted by Gasteiger charge is 2.63. The lowest BCUT2D eigenvalue weighted by Gasteiger charge is -2.60. The fraction of sp³-hybridized carbons (Fsp3) is 0.975. The van der Waals surface area contributed by atoms with E-state index in [1.807, 2.05) is 6.92 Å². The largest absolute Gasteiger partial charge is 0.394 e. The van der Waals surface area contributed by atoms with Crippen molar-refractivity contribution in [2.45, 2.75) is 173 Å². The summed E-state index contributed by atoms with van der Waals surface area (Å²) in [5, 5.41) is 94.7. The zero-order valence-corrected chi connectivity index (χ0v) is 32.8. The number of rotatable bonds is 11. The molecule has 2 saturated heterocycles. The van der Waals surface area contributed by atoms with Gasteiger partial charge in [0.1, 0.15) is 54.6 Å². The average Bonchev–Trinajstić information content (AvgIpc) is 3.50. The lowest BCUT2D eigenvalue weighted by atomic mass is 9.44. The normalized spacial score (nSPS) is 50.5. The molecule has 4 saturated carbocycles. The number of fused-ring (bicyclic) bond motifs is 5. The van der Waals surface area contributed by atoms with Gasteiger partial charge in [-0.2, -0.15) is 0 Å². The summed E-state index contributed by atoms with van der Waals surface area (Å²) in [5.74, 6) is 1.42. The van der Waals surface area contributed by atoms with Crippen molar-refractivity contribution in [3.8, 4) is 0 Å². The van der Waals surface area contributed by atoms with E-state index in [9.17, 15) is 50.8 Å². The molecule has 0 aromatic heterocycles. The van der Waals surface area contributed by atoms with Crippen molar-refractivity contribution in [1.82, 2.24) is 0 Å². The maximum absolute atomic E-state index is 14.2. The minimum atomic E-state index is -1.67. The lowest BCUT2D eigenvalue weighted by Crippen LogP contribution is -2.62. The molecule has 2 heterocycles. The van der Waals surface area contributed by atoms with E-state index in [0.29, 0.717) is 31.1 Å². The molecule has 6 rings (SSSR count). The Morgan fingerprint density at radius 3 is 1.98 bits per heavy atom. The Hall–Kier alpha value is -0.850. The summed E-state index contributed by atoms with van der Waals surface area (Å²) < 4.78 is 23.1. The van der Waals surface area contributed by atoms with Gasteiger partial charge in [0.05, 0.1) is 31.5 Å². The highest BCUT2D eigenvalue weighted by molar-refractivity contribution is 5.83. The fourth-order valence-corrected chi connectivity index (χ4v) is 12.0. The number of ether oxygens (including phenoxy) is 4. The number of hydrogen-bond acceptors (Lipinski definition) is 14. The monoisotopic (exact) mass is 772 g/mol. The van der Waals surface area contributed by atoms with Crippen molar-refractivity contribution in [2.24, 2.45) is 58.2 Å². The highest BCUT2D eigenvalue weighted by atomic mass is 16.7. The van der Waals surface area contributed by atoms with Crippen molar-refractivity contribution in [2.75, 3.05) is 13.2 Å². The van der Waals surface area contributed by atoms with Gasteiger partial charge in [-0.25, -0.2) is 0 Å². The van der Waals surface area contributed by atoms with Crippen LogP contribution in [0, 0.1) is 58.2 Å². The van der Waals surface area contributed by atoms with E-state index in [1.165, 1.54) is 0 Å². The van der Waals surface area contributed by atoms with Crippen LogP contribution < -0.4 is 0 Å². The molecule has 9 N–H and O–H groups in total. The number of carbonyl (C=O) groups is 1. The number of aliphatic hydroxyl groups is 9. The van der Waals surface area contributed by atoms with Crippen LogP contribution in [-0.4, -0.2) is 145 Å². The molecule has 0 radical (unpaired) electrons. The lowest BCUT2D eigenvalue weighted by molar-refractivity contribution is -0.337. The van der Waals surface area contributed by atoms with E-state index in [4.69, 9.17) is 18.9 Å². The van der Waals surface area contributed by atoms with Gasteiger partial charge in [-0.1, -0.05) is 41.5 Å². The first-order valence-electron chi connectivity index (χ1n) is 20.5. The highest BCUT2D eigenvalue weighted by Crippen LogP contribution is 2.68. The van der Waals surface area contributed by atoms with Crippen molar-refractivity contribution in [3.05, 3.63) is 0 Å². The van der Waals surface area contributed by atoms with Crippen LogP contribution >= 0.6 is 0 Å². The van der Waals surface area contributed by atoms with E-state index in [0.717, 1.165) is 32.1 Å². The molecule has 14 heteroatoms. The van der Waals surface area contributed by atoms with Gasteiger partial charge in [0, 0.05) is 12.3 Å². The SMILES string of the molecule is CC(C)[C@@H](C)[C@@H](O)[C@H](O)[C@@H](C)[C@H]1CC[C@H]2[C@@H]3CC(=O)[C@H]4C[C@@H](O[C@@H]5O[C@H](CO[C@@H]6O[C@H](CO)[C@@H](O)[C@H](O)[C@H]6O)[C@@H](O)[C@H](O)[C@H]5O)CC[C@]4(C)[C@H]3CC[C@]12C. The molecule has 0 unspecified atom stereocenters. The summed E-state index contributed by atoms with van der Waals surface area (Å²) in [4.78, 5) is 14.2. The standard InChI is InChI=1S/C40H68O14/c1-17(2)18(3)29(43)30(44)19(4)22-7-8-23-21-14-26(42)25-13-20(9-11-40(25,6)24(21)10-12-39(22,23)5)52-38-36(50)34(48)32(46)28(54-38)16-51-37-35(49)33(47)31(45)27(15-41)53-37/h17-25,27-38,41,43-50H,7-16H2,1-6H3/t18-,19+,20+,21+,22-,23+,24+,25-,27-,28-,29-,30-,31-,32-,33+,34+,35-,36-,37-,38-,39-,40-/m1/s1. The minimum absolute atomic E-state index is 0.0137. The first-order chi connectivity index (χ1) is 25.3. The van der Waals surface area contributed by atoms with Crippen molar-refractivity contribution < 1.29 is 69.7 Å². The third kappa shape index (κ3) is 7.48. The third-order valence-corrected chi connectivity index (χ3v) is 15.9. The Labute approximate surface area is 319 Å². The van der Waals surface area contributed by atoms with Crippen LogP contribution in [0.2, 0.25) is 0 Å². The molecule has 54 heavy (non-hydrogen) atoms. The topological polar surface area (TPSA) is 236 Å². The molecular formula is C40H68O14. The number of hydrogen-bond donors (Lipinski definition) is 9. The molecule has 0 amide bonds. The van der Waals surface area contributed by atoms with Gasteiger partial charge in [-0.15, -0.1) is 0 Å². The van der Waals surface area contributed by atoms with Crippen LogP contribution in [0.25, 0.3) is 0 Å². The molecule has 14 nitrogen and oxygen atoms in total. The zero-order valence-electron chi connectivity index (χ0n) is 32.8. The third-order valence-electron chi connectivity index (χ3n) is 15.9. The first-order valence-corrected chi connectivity index (χ1v) is 20.5. The Morgan fingerprint density at radius 1 is 0.741 bits per heavy atom. The van der Waals surface area contributed by atoms with Crippen LogP contribution in [0.1, 0.15) is 92.9 Å². The van der Waals surface area contributed by atoms with Gasteiger partial charge >= 0.3 is 0 Å². The molecule has 0 bridgehead atoms. The van der Waals surface area contributed by atoms with Crippen LogP contribution in [0.15, 0.2) is 0 Å². The van der Waals surface area contributed by atoms with Gasteiger partial charge in [0.15, 0.2) is 12.6 Å². The van der Waals surface area contributed by atoms with Crippen LogP contribution in [0.3, 0.4) is 0 Å². The molecule has 0 aromatic rings. The second-order valence-electron chi connectivity index (χ2n) is 18.9. The molecule has 312 valence electrons. The number of Topliss-reactive ketones (excluding diaryl/α,β-unsaturated/α-hetero) is 1. The van der Waals surface area contributed by atoms with Crippen LogP contribution in [0.4, 0.5) is 0 Å². The Kier molecular flexibility index (Phi) is 13.0. The molecule has 4 aliphatic carbocycles. The second kappa shape index (κ2) is 16.4. The Morgan fingerprint density at radius 2 is 1.33 bits per heavy atom. The molecular weight excluding hydrogens is 704 g/mol. The summed E-state index contributed by atoms with van der Waals surface area (Å²) in [6.07, 6.45) is -10.7. The van der Waals surface area contributed by atoms with Crippen molar-refractivity contribution in [1.29, 1.82) is 0 Å². The van der Waals surface area contributed by atoms with Crippen molar-refractivity contribution >= 4 is 5.78 Å². The van der Waals surface area contributed by atoms with Gasteiger partial charge < -0.3 is 64.9 Å². The molecule has 6 fully saturated rings. The predicted octanol–water partition coefficient (Wildman–Crippen LogP) is 0.484. The summed E-state index contributed by atoms with van der Waals surface area (Å²) in [7, 11) is 0. The van der Waals surface area contributed by atoms with Gasteiger partial charge in [0.2, 0.25) is 0 Å². The van der Waals surface area contributed by atoms with E-state index < -0.39 is 92.9 Å². The molecule has 6 aliphatic rings. The zero-order chi connectivity index (χ0) is 39.6. The maximum Gasteiger partial charge on any atom is 0.186 e. The van der Waals surface area contributed by atoms with E-state index in [2.05, 4.69) is 34.6 Å². The summed E-state index contributed by atoms with van der Waals surface area (Å²) in [5.41, 5.74) is -0.244. The summed E-state index contributed by atoms with van der Waals surface area (Å²) >= 11 is 0. The first kappa shape index (κ1) is 42.7. The molecule has 2 aliphatic heterocycles. The van der Waals surface area contributed by atoms with E-state index in [-0.39, 0.29) is 52.1 Å². The number of ketones is 1. The smallest absolute Gasteiger partial charge is 0.186 e. The quantitative estimate of drug-likeness (QED) is 0.130. The van der Waals surface area contributed by atoms with Gasteiger partial charge in [-0.3, -0.25) is 4.79 Å². The second-order valence-corrected chi connectivity index (χ2v) is 18.9. The molecule has 0 spiro atoms. The number of aliphatic hydroxyl groups excluding tert-OH is 9.